The van der Waals surface area contributed by atoms with E-state index in [2.05, 4.69) is 20.6 Å². The smallest absolute Gasteiger partial charge is 0.327 e. The highest BCUT2D eigenvalue weighted by molar-refractivity contribution is 5.98. The summed E-state index contributed by atoms with van der Waals surface area (Å²) in [6.45, 7) is 4.87. The summed E-state index contributed by atoms with van der Waals surface area (Å²) >= 11 is 0. The lowest BCUT2D eigenvalue weighted by atomic mass is 10.2. The lowest BCUT2D eigenvalue weighted by molar-refractivity contribution is 0.190. The van der Waals surface area contributed by atoms with Crippen LogP contribution in [0.15, 0.2) is 36.5 Å². The number of hydrogen-bond acceptors (Lipinski definition) is 7. The Hall–Kier alpha value is -2.91. The Morgan fingerprint density at radius 3 is 2.68 bits per heavy atom. The maximum absolute atomic E-state index is 12.7. The number of benzene rings is 1. The zero-order valence-corrected chi connectivity index (χ0v) is 16.4. The average Bonchev–Trinajstić information content (AvgIpc) is 2.68. The third-order valence-electron chi connectivity index (χ3n) is 3.66. The third kappa shape index (κ3) is 6.07. The standard InChI is InChI=1S/C19H27N5O4/c1-4-28-16-7-5-15(6-8-16)24(19(26)21-11-12-25)17-9-10-20-18(23-17)22-14(2)13-27-3/h5-10,14,25H,4,11-13H2,1-3H3,(H,21,26)(H,20,22,23)/t14-/m0/s1. The Labute approximate surface area is 164 Å². The van der Waals surface area contributed by atoms with E-state index < -0.39 is 6.03 Å². The fourth-order valence-corrected chi connectivity index (χ4v) is 2.51. The van der Waals surface area contributed by atoms with Crippen molar-refractivity contribution < 1.29 is 19.4 Å². The molecular formula is C19H27N5O4. The van der Waals surface area contributed by atoms with Gasteiger partial charge in [-0.15, -0.1) is 0 Å². The minimum Gasteiger partial charge on any atom is -0.494 e. The largest absolute Gasteiger partial charge is 0.494 e. The molecule has 2 aromatic rings. The van der Waals surface area contributed by atoms with Crippen LogP contribution in [0.25, 0.3) is 0 Å². The maximum atomic E-state index is 12.7. The van der Waals surface area contributed by atoms with Gasteiger partial charge in [-0.05, 0) is 38.1 Å². The summed E-state index contributed by atoms with van der Waals surface area (Å²) in [5.74, 6) is 1.48. The molecule has 0 aliphatic carbocycles. The van der Waals surface area contributed by atoms with Gasteiger partial charge < -0.3 is 25.2 Å². The van der Waals surface area contributed by atoms with Gasteiger partial charge in [0.25, 0.3) is 0 Å². The second-order valence-corrected chi connectivity index (χ2v) is 5.96. The molecule has 0 saturated carbocycles. The maximum Gasteiger partial charge on any atom is 0.327 e. The van der Waals surface area contributed by atoms with Crippen molar-refractivity contribution in [3.05, 3.63) is 36.5 Å². The number of urea groups is 1. The first-order chi connectivity index (χ1) is 13.6. The number of carbonyl (C=O) groups excluding carboxylic acids is 1. The Morgan fingerprint density at radius 2 is 2.04 bits per heavy atom. The van der Waals surface area contributed by atoms with Gasteiger partial charge in [0.2, 0.25) is 5.95 Å². The topological polar surface area (TPSA) is 109 Å². The summed E-state index contributed by atoms with van der Waals surface area (Å²) in [6, 6.07) is 8.34. The number of nitrogens with one attached hydrogen (secondary N) is 2. The molecule has 3 N–H and O–H groups in total. The molecule has 28 heavy (non-hydrogen) atoms. The average molecular weight is 389 g/mol. The van der Waals surface area contributed by atoms with Crippen molar-refractivity contribution in [1.29, 1.82) is 0 Å². The predicted octanol–water partition coefficient (Wildman–Crippen LogP) is 2.16. The van der Waals surface area contributed by atoms with Crippen molar-refractivity contribution >= 4 is 23.5 Å². The van der Waals surface area contributed by atoms with Gasteiger partial charge in [0.15, 0.2) is 0 Å². The molecule has 0 spiro atoms. The number of ether oxygens (including phenoxy) is 2. The second kappa shape index (κ2) is 11.1. The van der Waals surface area contributed by atoms with Crippen LogP contribution < -0.4 is 20.3 Å². The zero-order valence-electron chi connectivity index (χ0n) is 16.4. The minimum atomic E-state index is -0.409. The van der Waals surface area contributed by atoms with Crippen LogP contribution in [0.3, 0.4) is 0 Å². The molecule has 1 aromatic carbocycles. The number of anilines is 3. The van der Waals surface area contributed by atoms with Crippen LogP contribution in [0.1, 0.15) is 13.8 Å². The van der Waals surface area contributed by atoms with Crippen molar-refractivity contribution in [3.8, 4) is 5.75 Å². The highest BCUT2D eigenvalue weighted by atomic mass is 16.5. The fraction of sp³-hybridized carbons (Fsp3) is 0.421. The molecule has 0 saturated heterocycles. The van der Waals surface area contributed by atoms with Gasteiger partial charge in [0.1, 0.15) is 11.6 Å². The lowest BCUT2D eigenvalue weighted by Gasteiger charge is -2.23. The van der Waals surface area contributed by atoms with E-state index in [0.717, 1.165) is 0 Å². The van der Waals surface area contributed by atoms with Crippen LogP contribution in [0, 0.1) is 0 Å². The van der Waals surface area contributed by atoms with E-state index in [9.17, 15) is 4.79 Å². The zero-order chi connectivity index (χ0) is 20.4. The number of nitrogens with zero attached hydrogens (tertiary/aromatic N) is 3. The molecule has 1 heterocycles. The Morgan fingerprint density at radius 1 is 1.29 bits per heavy atom. The van der Waals surface area contributed by atoms with E-state index in [1.54, 1.807) is 43.6 Å². The van der Waals surface area contributed by atoms with Crippen molar-refractivity contribution in [2.45, 2.75) is 19.9 Å². The quantitative estimate of drug-likeness (QED) is 0.571. The number of aliphatic hydroxyl groups is 1. The normalized spacial score (nSPS) is 11.6. The van der Waals surface area contributed by atoms with Gasteiger partial charge in [0, 0.05) is 32.0 Å². The highest BCUT2D eigenvalue weighted by Gasteiger charge is 2.20. The number of carbonyl (C=O) groups is 1. The number of rotatable bonds is 10. The molecule has 0 fully saturated rings. The molecule has 0 bridgehead atoms. The number of hydrogen-bond donors (Lipinski definition) is 3. The lowest BCUT2D eigenvalue weighted by Crippen LogP contribution is -2.38. The molecule has 0 unspecified atom stereocenters. The van der Waals surface area contributed by atoms with Crippen LogP contribution in [0.2, 0.25) is 0 Å². The minimum absolute atomic E-state index is 0.00221. The third-order valence-corrected chi connectivity index (χ3v) is 3.66. The van der Waals surface area contributed by atoms with Gasteiger partial charge in [-0.3, -0.25) is 0 Å². The molecule has 0 aliphatic rings. The van der Waals surface area contributed by atoms with Crippen molar-refractivity contribution in [1.82, 2.24) is 15.3 Å². The number of aliphatic hydroxyl groups excluding tert-OH is 1. The van der Waals surface area contributed by atoms with Crippen LogP contribution in [-0.4, -0.2) is 60.6 Å². The summed E-state index contributed by atoms with van der Waals surface area (Å²) in [5, 5.41) is 14.8. The molecule has 1 aromatic heterocycles. The molecule has 2 amide bonds. The molecular weight excluding hydrogens is 362 g/mol. The molecule has 1 atom stereocenters. The van der Waals surface area contributed by atoms with E-state index in [1.165, 1.54) is 4.90 Å². The summed E-state index contributed by atoms with van der Waals surface area (Å²) in [6.07, 6.45) is 1.57. The van der Waals surface area contributed by atoms with Crippen molar-refractivity contribution in [3.63, 3.8) is 0 Å². The van der Waals surface area contributed by atoms with Gasteiger partial charge in [-0.25, -0.2) is 14.7 Å². The molecule has 2 rings (SSSR count). The summed E-state index contributed by atoms with van der Waals surface area (Å²) in [7, 11) is 1.62. The van der Waals surface area contributed by atoms with Crippen LogP contribution in [0.4, 0.5) is 22.2 Å². The molecule has 9 nitrogen and oxygen atoms in total. The van der Waals surface area contributed by atoms with Crippen LogP contribution in [-0.2, 0) is 4.74 Å². The van der Waals surface area contributed by atoms with Gasteiger partial charge >= 0.3 is 6.03 Å². The SMILES string of the molecule is CCOc1ccc(N(C(=O)NCCO)c2ccnc(N[C@@H](C)COC)n2)cc1. The monoisotopic (exact) mass is 389 g/mol. The molecule has 0 radical (unpaired) electrons. The Bertz CT molecular complexity index is 741. The number of methoxy groups -OCH3 is 1. The van der Waals surface area contributed by atoms with E-state index >= 15 is 0 Å². The van der Waals surface area contributed by atoms with Crippen molar-refractivity contribution in [2.75, 3.05) is 43.7 Å². The van der Waals surface area contributed by atoms with Gasteiger partial charge in [-0.2, -0.15) is 4.98 Å². The fourth-order valence-electron chi connectivity index (χ4n) is 2.51. The summed E-state index contributed by atoms with van der Waals surface area (Å²) in [4.78, 5) is 22.8. The van der Waals surface area contributed by atoms with E-state index in [1.807, 2.05) is 13.8 Å². The second-order valence-electron chi connectivity index (χ2n) is 5.96. The summed E-state index contributed by atoms with van der Waals surface area (Å²) < 4.78 is 10.6. The Balaban J connectivity index is 2.32. The summed E-state index contributed by atoms with van der Waals surface area (Å²) in [5.41, 5.74) is 0.605. The van der Waals surface area contributed by atoms with Crippen LogP contribution in [0.5, 0.6) is 5.75 Å². The van der Waals surface area contributed by atoms with Gasteiger partial charge in [-0.1, -0.05) is 0 Å². The van der Waals surface area contributed by atoms with Crippen LogP contribution >= 0.6 is 0 Å². The van der Waals surface area contributed by atoms with E-state index in [0.29, 0.717) is 36.4 Å². The van der Waals surface area contributed by atoms with Crippen molar-refractivity contribution in [2.24, 2.45) is 0 Å². The first kappa shape index (κ1) is 21.4. The Kier molecular flexibility index (Phi) is 8.44. The first-order valence-electron chi connectivity index (χ1n) is 9.09. The molecule has 152 valence electrons. The van der Waals surface area contributed by atoms with E-state index in [-0.39, 0.29) is 19.2 Å². The van der Waals surface area contributed by atoms with E-state index in [4.69, 9.17) is 14.6 Å². The number of aromatic nitrogens is 2. The van der Waals surface area contributed by atoms with Gasteiger partial charge in [0.05, 0.1) is 25.5 Å². The molecule has 0 aliphatic heterocycles. The number of amides is 2. The molecule has 9 heteroatoms. The first-order valence-corrected chi connectivity index (χ1v) is 9.09. The highest BCUT2D eigenvalue weighted by Crippen LogP contribution is 2.26. The predicted molar refractivity (Wildman–Crippen MR) is 107 cm³/mol.